The van der Waals surface area contributed by atoms with E-state index in [1.807, 2.05) is 0 Å². The minimum absolute atomic E-state index is 0.483. The van der Waals surface area contributed by atoms with Crippen LogP contribution in [0.5, 0.6) is 0 Å². The third-order valence-corrected chi connectivity index (χ3v) is 2.60. The van der Waals surface area contributed by atoms with Crippen molar-refractivity contribution in [3.05, 3.63) is 5.69 Å². The van der Waals surface area contributed by atoms with Gasteiger partial charge in [0.05, 0.1) is 6.61 Å². The lowest BCUT2D eigenvalue weighted by Gasteiger charge is -2.09. The van der Waals surface area contributed by atoms with E-state index in [2.05, 4.69) is 23.4 Å². The molecule has 1 heterocycles. The summed E-state index contributed by atoms with van der Waals surface area (Å²) in [5.74, 6) is 0.604. The molecule has 4 nitrogen and oxygen atoms in total. The van der Waals surface area contributed by atoms with Gasteiger partial charge >= 0.3 is 0 Å². The number of anilines is 1. The average molecular weight is 215 g/mol. The van der Waals surface area contributed by atoms with Crippen LogP contribution in [0.15, 0.2) is 0 Å². The van der Waals surface area contributed by atoms with E-state index in [9.17, 15) is 0 Å². The quantitative estimate of drug-likeness (QED) is 0.789. The van der Waals surface area contributed by atoms with Crippen LogP contribution in [0.1, 0.15) is 32.4 Å². The molecule has 5 heteroatoms. The maximum atomic E-state index is 5.63. The Morgan fingerprint density at radius 2 is 2.36 bits per heavy atom. The topological polar surface area (TPSA) is 61.0 Å². The Kier molecular flexibility index (Phi) is 4.82. The summed E-state index contributed by atoms with van der Waals surface area (Å²) in [6.45, 7) is 5.62. The largest absolute Gasteiger partial charge is 0.388 e. The lowest BCUT2D eigenvalue weighted by Crippen LogP contribution is -2.06. The number of hydrogen-bond donors (Lipinski definition) is 1. The van der Waals surface area contributed by atoms with Crippen molar-refractivity contribution in [3.8, 4) is 0 Å². The van der Waals surface area contributed by atoms with E-state index in [4.69, 9.17) is 10.5 Å². The molecule has 0 aliphatic heterocycles. The van der Waals surface area contributed by atoms with Gasteiger partial charge < -0.3 is 10.5 Å². The third-order valence-electron chi connectivity index (χ3n) is 2.01. The highest BCUT2D eigenvalue weighted by atomic mass is 32.1. The van der Waals surface area contributed by atoms with Crippen molar-refractivity contribution in [2.45, 2.75) is 33.3 Å². The summed E-state index contributed by atoms with van der Waals surface area (Å²) in [7, 11) is 0. The molecule has 1 atom stereocenters. The highest BCUT2D eigenvalue weighted by Crippen LogP contribution is 2.14. The molecule has 0 saturated carbocycles. The second-order valence-corrected chi connectivity index (χ2v) is 4.28. The molecule has 14 heavy (non-hydrogen) atoms. The number of nitrogens with zero attached hydrogens (tertiary/aromatic N) is 2. The van der Waals surface area contributed by atoms with Crippen molar-refractivity contribution in [2.24, 2.45) is 5.92 Å². The van der Waals surface area contributed by atoms with Crippen molar-refractivity contribution in [1.82, 2.24) is 9.59 Å². The van der Waals surface area contributed by atoms with Gasteiger partial charge in [-0.2, -0.15) is 0 Å². The molecule has 0 bridgehead atoms. The van der Waals surface area contributed by atoms with Crippen LogP contribution in [0.2, 0.25) is 0 Å². The number of nitrogens with two attached hydrogens (primary N) is 1. The van der Waals surface area contributed by atoms with Crippen molar-refractivity contribution < 1.29 is 4.74 Å². The predicted octanol–water partition coefficient (Wildman–Crippen LogP) is 2.07. The SMILES string of the molecule is CCCC(C)COCc1nnsc1N. The summed E-state index contributed by atoms with van der Waals surface area (Å²) in [6.07, 6.45) is 2.40. The second-order valence-electron chi connectivity index (χ2n) is 3.49. The molecule has 80 valence electrons. The molecule has 1 rings (SSSR count). The molecular weight excluding hydrogens is 198 g/mol. The van der Waals surface area contributed by atoms with E-state index in [0.717, 1.165) is 12.3 Å². The Labute approximate surface area is 88.6 Å². The molecule has 0 fully saturated rings. The molecule has 1 aromatic heterocycles. The third kappa shape index (κ3) is 3.59. The summed E-state index contributed by atoms with van der Waals surface area (Å²) in [6, 6.07) is 0. The number of hydrogen-bond acceptors (Lipinski definition) is 5. The Morgan fingerprint density at radius 1 is 1.57 bits per heavy atom. The number of rotatable bonds is 6. The zero-order valence-corrected chi connectivity index (χ0v) is 9.51. The predicted molar refractivity (Wildman–Crippen MR) is 58.0 cm³/mol. The first kappa shape index (κ1) is 11.4. The molecule has 1 aromatic rings. The molecule has 0 aliphatic rings. The molecule has 0 spiro atoms. The van der Waals surface area contributed by atoms with Gasteiger partial charge in [0.15, 0.2) is 0 Å². The Morgan fingerprint density at radius 3 is 2.93 bits per heavy atom. The minimum Gasteiger partial charge on any atom is -0.388 e. The van der Waals surface area contributed by atoms with Gasteiger partial charge in [0.25, 0.3) is 0 Å². The molecule has 0 aliphatic carbocycles. The molecule has 1 unspecified atom stereocenters. The lowest BCUT2D eigenvalue weighted by molar-refractivity contribution is 0.0875. The van der Waals surface area contributed by atoms with Gasteiger partial charge in [-0.15, -0.1) is 5.10 Å². The highest BCUT2D eigenvalue weighted by molar-refractivity contribution is 7.09. The Bertz CT molecular complexity index is 264. The smallest absolute Gasteiger partial charge is 0.133 e. The summed E-state index contributed by atoms with van der Waals surface area (Å²) in [4.78, 5) is 0. The van der Waals surface area contributed by atoms with Crippen LogP contribution in [0, 0.1) is 5.92 Å². The molecule has 0 aromatic carbocycles. The van der Waals surface area contributed by atoms with Gasteiger partial charge in [0.1, 0.15) is 10.7 Å². The van der Waals surface area contributed by atoms with E-state index >= 15 is 0 Å². The van der Waals surface area contributed by atoms with E-state index in [1.165, 1.54) is 24.4 Å². The summed E-state index contributed by atoms with van der Waals surface area (Å²) >= 11 is 1.21. The van der Waals surface area contributed by atoms with Crippen LogP contribution in [-0.2, 0) is 11.3 Å². The lowest BCUT2D eigenvalue weighted by atomic mass is 10.1. The summed E-state index contributed by atoms with van der Waals surface area (Å²) < 4.78 is 9.24. The first-order valence-electron chi connectivity index (χ1n) is 4.88. The first-order valence-corrected chi connectivity index (χ1v) is 5.65. The zero-order chi connectivity index (χ0) is 10.4. The monoisotopic (exact) mass is 215 g/mol. The molecular formula is C9H17N3OS. The van der Waals surface area contributed by atoms with Crippen LogP contribution >= 0.6 is 11.5 Å². The van der Waals surface area contributed by atoms with Gasteiger partial charge in [0.2, 0.25) is 0 Å². The van der Waals surface area contributed by atoms with Crippen LogP contribution in [0.4, 0.5) is 5.00 Å². The van der Waals surface area contributed by atoms with E-state index in [1.54, 1.807) is 0 Å². The molecule has 0 saturated heterocycles. The summed E-state index contributed by atoms with van der Waals surface area (Å²) in [5, 5.41) is 4.54. The standard InChI is InChI=1S/C9H17N3OS/c1-3-4-7(2)5-13-6-8-9(10)14-12-11-8/h7H,3-6,10H2,1-2H3. The normalized spacial score (nSPS) is 13.0. The summed E-state index contributed by atoms with van der Waals surface area (Å²) in [5.41, 5.74) is 6.39. The van der Waals surface area contributed by atoms with Crippen molar-refractivity contribution in [3.63, 3.8) is 0 Å². The second kappa shape index (κ2) is 5.93. The van der Waals surface area contributed by atoms with Gasteiger partial charge in [-0.3, -0.25) is 0 Å². The molecule has 0 amide bonds. The fourth-order valence-corrected chi connectivity index (χ4v) is 1.68. The van der Waals surface area contributed by atoms with Gasteiger partial charge in [-0.25, -0.2) is 0 Å². The van der Waals surface area contributed by atoms with E-state index in [-0.39, 0.29) is 0 Å². The fraction of sp³-hybridized carbons (Fsp3) is 0.778. The van der Waals surface area contributed by atoms with Crippen molar-refractivity contribution in [2.75, 3.05) is 12.3 Å². The van der Waals surface area contributed by atoms with Crippen molar-refractivity contribution in [1.29, 1.82) is 0 Å². The van der Waals surface area contributed by atoms with E-state index < -0.39 is 0 Å². The maximum Gasteiger partial charge on any atom is 0.133 e. The fourth-order valence-electron chi connectivity index (χ4n) is 1.25. The average Bonchev–Trinajstić information content (AvgIpc) is 2.52. The molecule has 2 N–H and O–H groups in total. The van der Waals surface area contributed by atoms with Crippen LogP contribution in [0.25, 0.3) is 0 Å². The maximum absolute atomic E-state index is 5.63. The Hall–Kier alpha value is -0.680. The number of aromatic nitrogens is 2. The first-order chi connectivity index (χ1) is 6.74. The molecule has 0 radical (unpaired) electrons. The van der Waals surface area contributed by atoms with Gasteiger partial charge in [0, 0.05) is 18.1 Å². The van der Waals surface area contributed by atoms with Gasteiger partial charge in [-0.1, -0.05) is 24.8 Å². The van der Waals surface area contributed by atoms with Gasteiger partial charge in [-0.05, 0) is 12.3 Å². The van der Waals surface area contributed by atoms with Crippen LogP contribution < -0.4 is 5.73 Å². The minimum atomic E-state index is 0.483. The van der Waals surface area contributed by atoms with Crippen molar-refractivity contribution >= 4 is 16.5 Å². The highest BCUT2D eigenvalue weighted by Gasteiger charge is 2.05. The zero-order valence-electron chi connectivity index (χ0n) is 8.69. The van der Waals surface area contributed by atoms with Crippen LogP contribution in [-0.4, -0.2) is 16.2 Å². The number of ether oxygens (including phenoxy) is 1. The van der Waals surface area contributed by atoms with E-state index in [0.29, 0.717) is 17.5 Å². The van der Waals surface area contributed by atoms with Crippen LogP contribution in [0.3, 0.4) is 0 Å². The number of nitrogen functional groups attached to an aromatic ring is 1. The Balaban J connectivity index is 2.19.